The molecule has 1 fully saturated rings. The maximum Gasteiger partial charge on any atom is 0.00967 e. The smallest absolute Gasteiger partial charge is 0.00967 e. The summed E-state index contributed by atoms with van der Waals surface area (Å²) in [5.41, 5.74) is 0.593. The normalized spacial score (nSPS) is 31.1. The van der Waals surface area contributed by atoms with Crippen molar-refractivity contribution in [1.29, 1.82) is 0 Å². The van der Waals surface area contributed by atoms with E-state index >= 15 is 0 Å². The Hall–Kier alpha value is -0.0800. The van der Waals surface area contributed by atoms with E-state index in [2.05, 4.69) is 65.6 Å². The van der Waals surface area contributed by atoms with Crippen molar-refractivity contribution in [2.75, 3.05) is 19.6 Å². The zero-order chi connectivity index (χ0) is 16.3. The van der Waals surface area contributed by atoms with Crippen LogP contribution < -0.4 is 5.32 Å². The Morgan fingerprint density at radius 2 is 1.71 bits per heavy atom. The van der Waals surface area contributed by atoms with Gasteiger partial charge in [0.25, 0.3) is 0 Å². The standard InChI is InChI=1S/C19H40N2/c1-9-10-19(8,13-20-18(5,6)7)14-21-12-15(2)11-16(3)17(21)4/h15-17,20H,9-14H2,1-8H3. The molecule has 0 aromatic heterocycles. The van der Waals surface area contributed by atoms with E-state index in [0.717, 1.165) is 24.4 Å². The van der Waals surface area contributed by atoms with Crippen molar-refractivity contribution in [1.82, 2.24) is 10.2 Å². The molecule has 0 aliphatic carbocycles. The van der Waals surface area contributed by atoms with Crippen LogP contribution in [0, 0.1) is 17.3 Å². The Labute approximate surface area is 134 Å². The summed E-state index contributed by atoms with van der Waals surface area (Å²) in [6, 6.07) is 0.729. The van der Waals surface area contributed by atoms with Crippen LogP contribution in [0.5, 0.6) is 0 Å². The Morgan fingerprint density at radius 3 is 2.24 bits per heavy atom. The van der Waals surface area contributed by atoms with Gasteiger partial charge in [0.2, 0.25) is 0 Å². The second-order valence-corrected chi connectivity index (χ2v) is 9.15. The third kappa shape index (κ3) is 6.28. The predicted octanol–water partition coefficient (Wildman–Crippen LogP) is 4.55. The number of likely N-dealkylation sites (tertiary alicyclic amines) is 1. The summed E-state index contributed by atoms with van der Waals surface area (Å²) in [6.07, 6.45) is 3.97. The minimum Gasteiger partial charge on any atom is -0.311 e. The highest BCUT2D eigenvalue weighted by Crippen LogP contribution is 2.32. The number of nitrogens with zero attached hydrogens (tertiary/aromatic N) is 1. The molecule has 0 spiro atoms. The topological polar surface area (TPSA) is 15.3 Å². The highest BCUT2D eigenvalue weighted by atomic mass is 15.2. The third-order valence-electron chi connectivity index (χ3n) is 5.20. The number of hydrogen-bond donors (Lipinski definition) is 1. The fourth-order valence-electron chi connectivity index (χ4n) is 3.84. The predicted molar refractivity (Wildman–Crippen MR) is 94.8 cm³/mol. The average molecular weight is 297 g/mol. The van der Waals surface area contributed by atoms with Gasteiger partial charge in [-0.2, -0.15) is 0 Å². The lowest BCUT2D eigenvalue weighted by Crippen LogP contribution is -2.53. The molecule has 0 radical (unpaired) electrons. The maximum absolute atomic E-state index is 3.75. The van der Waals surface area contributed by atoms with Gasteiger partial charge in [-0.25, -0.2) is 0 Å². The van der Waals surface area contributed by atoms with Crippen molar-refractivity contribution in [3.63, 3.8) is 0 Å². The van der Waals surface area contributed by atoms with Crippen molar-refractivity contribution >= 4 is 0 Å². The molecule has 1 N–H and O–H groups in total. The van der Waals surface area contributed by atoms with E-state index in [-0.39, 0.29) is 5.54 Å². The van der Waals surface area contributed by atoms with Crippen LogP contribution in [0.1, 0.15) is 74.7 Å². The molecule has 4 atom stereocenters. The zero-order valence-electron chi connectivity index (χ0n) is 15.9. The summed E-state index contributed by atoms with van der Waals surface area (Å²) in [7, 11) is 0. The van der Waals surface area contributed by atoms with Crippen molar-refractivity contribution < 1.29 is 0 Å². The lowest BCUT2D eigenvalue weighted by molar-refractivity contribution is 0.0359. The van der Waals surface area contributed by atoms with Gasteiger partial charge in [0, 0.05) is 31.2 Å². The Kier molecular flexibility index (Phi) is 6.74. The van der Waals surface area contributed by atoms with Crippen LogP contribution >= 0.6 is 0 Å². The molecule has 0 aromatic carbocycles. The van der Waals surface area contributed by atoms with Crippen molar-refractivity contribution in [2.45, 2.75) is 86.2 Å². The van der Waals surface area contributed by atoms with E-state index < -0.39 is 0 Å². The second kappa shape index (κ2) is 7.46. The summed E-state index contributed by atoms with van der Waals surface area (Å²) in [6.45, 7) is 22.5. The van der Waals surface area contributed by atoms with Gasteiger partial charge < -0.3 is 5.32 Å². The van der Waals surface area contributed by atoms with Gasteiger partial charge >= 0.3 is 0 Å². The van der Waals surface area contributed by atoms with Gasteiger partial charge in [0.05, 0.1) is 0 Å². The highest BCUT2D eigenvalue weighted by molar-refractivity contribution is 4.89. The molecule has 1 aliphatic rings. The van der Waals surface area contributed by atoms with Gasteiger partial charge in [0.15, 0.2) is 0 Å². The first-order valence-corrected chi connectivity index (χ1v) is 9.05. The first-order chi connectivity index (χ1) is 9.56. The number of piperidine rings is 1. The van der Waals surface area contributed by atoms with Crippen LogP contribution in [0.4, 0.5) is 0 Å². The van der Waals surface area contributed by atoms with Crippen LogP contribution in [-0.2, 0) is 0 Å². The molecule has 1 heterocycles. The van der Waals surface area contributed by atoms with Gasteiger partial charge in [-0.1, -0.05) is 34.1 Å². The lowest BCUT2D eigenvalue weighted by atomic mass is 9.80. The molecule has 0 saturated carbocycles. The van der Waals surface area contributed by atoms with Crippen LogP contribution in [0.25, 0.3) is 0 Å². The van der Waals surface area contributed by atoms with E-state index in [9.17, 15) is 0 Å². The quantitative estimate of drug-likeness (QED) is 0.773. The fourth-order valence-corrected chi connectivity index (χ4v) is 3.84. The summed E-state index contributed by atoms with van der Waals surface area (Å²) >= 11 is 0. The van der Waals surface area contributed by atoms with Crippen LogP contribution in [0.3, 0.4) is 0 Å². The van der Waals surface area contributed by atoms with Gasteiger partial charge in [-0.05, 0) is 57.8 Å². The molecule has 2 heteroatoms. The van der Waals surface area contributed by atoms with E-state index in [1.54, 1.807) is 0 Å². The molecule has 2 nitrogen and oxygen atoms in total. The SMILES string of the molecule is CCCC(C)(CNC(C)(C)C)CN1CC(C)CC(C)C1C. The number of rotatable bonds is 6. The summed E-state index contributed by atoms with van der Waals surface area (Å²) < 4.78 is 0. The summed E-state index contributed by atoms with van der Waals surface area (Å²) in [5.74, 6) is 1.67. The van der Waals surface area contributed by atoms with Crippen molar-refractivity contribution in [3.05, 3.63) is 0 Å². The maximum atomic E-state index is 3.75. The van der Waals surface area contributed by atoms with Gasteiger partial charge in [0.1, 0.15) is 0 Å². The lowest BCUT2D eigenvalue weighted by Gasteiger charge is -2.46. The average Bonchev–Trinajstić information content (AvgIpc) is 2.33. The first kappa shape index (κ1) is 19.0. The molecule has 1 rings (SSSR count). The molecule has 4 unspecified atom stereocenters. The number of hydrogen-bond acceptors (Lipinski definition) is 2. The molecular formula is C19H40N2. The largest absolute Gasteiger partial charge is 0.311 e. The minimum atomic E-state index is 0.211. The fraction of sp³-hybridized carbons (Fsp3) is 1.00. The van der Waals surface area contributed by atoms with Gasteiger partial charge in [-0.15, -0.1) is 0 Å². The summed E-state index contributed by atoms with van der Waals surface area (Å²) in [5, 5.41) is 3.75. The third-order valence-corrected chi connectivity index (χ3v) is 5.20. The van der Waals surface area contributed by atoms with Gasteiger partial charge in [-0.3, -0.25) is 4.90 Å². The molecular weight excluding hydrogens is 256 g/mol. The van der Waals surface area contributed by atoms with Crippen LogP contribution in [0.2, 0.25) is 0 Å². The molecule has 1 aliphatic heterocycles. The molecule has 0 amide bonds. The number of nitrogens with one attached hydrogen (secondary N) is 1. The van der Waals surface area contributed by atoms with Crippen LogP contribution in [0.15, 0.2) is 0 Å². The Bertz CT molecular complexity index is 307. The molecule has 21 heavy (non-hydrogen) atoms. The van der Waals surface area contributed by atoms with E-state index in [1.165, 1.54) is 32.4 Å². The Morgan fingerprint density at radius 1 is 1.10 bits per heavy atom. The minimum absolute atomic E-state index is 0.211. The zero-order valence-corrected chi connectivity index (χ0v) is 15.9. The van der Waals surface area contributed by atoms with Crippen LogP contribution in [-0.4, -0.2) is 36.1 Å². The molecule has 1 saturated heterocycles. The van der Waals surface area contributed by atoms with E-state index in [0.29, 0.717) is 5.41 Å². The second-order valence-electron chi connectivity index (χ2n) is 9.15. The van der Waals surface area contributed by atoms with E-state index in [4.69, 9.17) is 0 Å². The molecule has 0 bridgehead atoms. The molecule has 126 valence electrons. The Balaban J connectivity index is 2.71. The van der Waals surface area contributed by atoms with E-state index in [1.807, 2.05) is 0 Å². The first-order valence-electron chi connectivity index (χ1n) is 9.05. The van der Waals surface area contributed by atoms with Crippen molar-refractivity contribution in [2.24, 2.45) is 17.3 Å². The monoisotopic (exact) mass is 296 g/mol. The summed E-state index contributed by atoms with van der Waals surface area (Å²) in [4.78, 5) is 2.76. The van der Waals surface area contributed by atoms with Crippen molar-refractivity contribution in [3.8, 4) is 0 Å². The highest BCUT2D eigenvalue weighted by Gasteiger charge is 2.34. The molecule has 0 aromatic rings.